The Morgan fingerprint density at radius 2 is 1.94 bits per heavy atom. The highest BCUT2D eigenvalue weighted by atomic mass is 35.5. The summed E-state index contributed by atoms with van der Waals surface area (Å²) in [5, 5.41) is 11.0. The van der Waals surface area contributed by atoms with E-state index in [1.165, 1.54) is 0 Å². The van der Waals surface area contributed by atoms with Crippen LogP contribution in [0.15, 0.2) is 18.2 Å². The van der Waals surface area contributed by atoms with E-state index in [2.05, 4.69) is 13.8 Å². The fourth-order valence-corrected chi connectivity index (χ4v) is 2.85. The molecule has 1 unspecified atom stereocenters. The summed E-state index contributed by atoms with van der Waals surface area (Å²) in [6.45, 7) is 4.35. The van der Waals surface area contributed by atoms with Crippen molar-refractivity contribution in [2.24, 2.45) is 5.92 Å². The average molecular weight is 293 g/mol. The van der Waals surface area contributed by atoms with Gasteiger partial charge in [-0.1, -0.05) is 49.2 Å². The van der Waals surface area contributed by atoms with Crippen molar-refractivity contribution < 1.29 is 5.11 Å². The van der Waals surface area contributed by atoms with Gasteiger partial charge in [0.25, 0.3) is 0 Å². The molecule has 0 spiro atoms. The van der Waals surface area contributed by atoms with Gasteiger partial charge in [-0.05, 0) is 23.3 Å². The van der Waals surface area contributed by atoms with Crippen molar-refractivity contribution in [1.29, 1.82) is 0 Å². The number of hydrogen-bond acceptors (Lipinski definition) is 2. The Morgan fingerprint density at radius 3 is 2.59 bits per heavy atom. The molecule has 4 heteroatoms. The molecule has 1 atom stereocenters. The lowest BCUT2D eigenvalue weighted by atomic mass is 10.1. The second-order valence-corrected chi connectivity index (χ2v) is 6.36. The third kappa shape index (κ3) is 5.52. The minimum atomic E-state index is -0.366. The molecule has 0 bridgehead atoms. The Hall–Kier alpha value is 0.110. The molecule has 0 aliphatic carbocycles. The second-order valence-electron chi connectivity index (χ2n) is 4.50. The topological polar surface area (TPSA) is 20.2 Å². The zero-order chi connectivity index (χ0) is 12.8. The van der Waals surface area contributed by atoms with E-state index >= 15 is 0 Å². The van der Waals surface area contributed by atoms with Crippen LogP contribution in [0.1, 0.15) is 19.4 Å². The molecular weight excluding hydrogens is 275 g/mol. The van der Waals surface area contributed by atoms with Crippen LogP contribution in [-0.4, -0.2) is 22.7 Å². The van der Waals surface area contributed by atoms with E-state index in [-0.39, 0.29) is 6.10 Å². The lowest BCUT2D eigenvalue weighted by Crippen LogP contribution is -2.14. The van der Waals surface area contributed by atoms with Gasteiger partial charge in [0, 0.05) is 12.2 Å². The maximum Gasteiger partial charge on any atom is 0.0671 e. The zero-order valence-corrected chi connectivity index (χ0v) is 12.4. The molecule has 17 heavy (non-hydrogen) atoms. The van der Waals surface area contributed by atoms with Gasteiger partial charge in [-0.2, -0.15) is 11.8 Å². The van der Waals surface area contributed by atoms with Crippen LogP contribution in [0, 0.1) is 5.92 Å². The van der Waals surface area contributed by atoms with Crippen LogP contribution in [0.25, 0.3) is 0 Å². The van der Waals surface area contributed by atoms with E-state index in [1.54, 1.807) is 17.8 Å². The first kappa shape index (κ1) is 15.2. The number of aliphatic hydroxyl groups excluding tert-OH is 1. The van der Waals surface area contributed by atoms with Gasteiger partial charge in [0.05, 0.1) is 16.1 Å². The Labute approximate surface area is 118 Å². The normalized spacial score (nSPS) is 13.1. The summed E-state index contributed by atoms with van der Waals surface area (Å²) in [5.41, 5.74) is 0.914. The Bertz CT molecular complexity index is 355. The molecular formula is C13H18Cl2OS. The van der Waals surface area contributed by atoms with Gasteiger partial charge in [0.1, 0.15) is 0 Å². The van der Waals surface area contributed by atoms with Gasteiger partial charge in [-0.25, -0.2) is 0 Å². The maximum absolute atomic E-state index is 9.91. The van der Waals surface area contributed by atoms with E-state index < -0.39 is 0 Å². The number of thioether (sulfide) groups is 1. The van der Waals surface area contributed by atoms with Gasteiger partial charge >= 0.3 is 0 Å². The SMILES string of the molecule is CC(C)CSCC(O)Cc1cccc(Cl)c1Cl. The summed E-state index contributed by atoms with van der Waals surface area (Å²) in [7, 11) is 0. The van der Waals surface area contributed by atoms with Crippen molar-refractivity contribution in [3.05, 3.63) is 33.8 Å². The van der Waals surface area contributed by atoms with Crippen LogP contribution < -0.4 is 0 Å². The van der Waals surface area contributed by atoms with Gasteiger partial charge in [0.15, 0.2) is 0 Å². The molecule has 0 aliphatic rings. The number of benzene rings is 1. The van der Waals surface area contributed by atoms with E-state index in [9.17, 15) is 5.11 Å². The van der Waals surface area contributed by atoms with E-state index in [1.807, 2.05) is 12.1 Å². The maximum atomic E-state index is 9.91. The molecule has 1 N–H and O–H groups in total. The van der Waals surface area contributed by atoms with Crippen molar-refractivity contribution in [2.45, 2.75) is 26.4 Å². The summed E-state index contributed by atoms with van der Waals surface area (Å²) in [4.78, 5) is 0. The summed E-state index contributed by atoms with van der Waals surface area (Å²) in [5.74, 6) is 2.46. The smallest absolute Gasteiger partial charge is 0.0671 e. The molecule has 1 aromatic rings. The number of hydrogen-bond donors (Lipinski definition) is 1. The summed E-state index contributed by atoms with van der Waals surface area (Å²) in [6.07, 6.45) is 0.194. The van der Waals surface area contributed by atoms with Crippen molar-refractivity contribution in [3.8, 4) is 0 Å². The lowest BCUT2D eigenvalue weighted by Gasteiger charge is -2.12. The molecule has 0 aromatic heterocycles. The zero-order valence-electron chi connectivity index (χ0n) is 10.1. The Balaban J connectivity index is 2.45. The third-order valence-electron chi connectivity index (χ3n) is 2.25. The molecule has 0 saturated heterocycles. The lowest BCUT2D eigenvalue weighted by molar-refractivity contribution is 0.200. The summed E-state index contributed by atoms with van der Waals surface area (Å²) >= 11 is 13.8. The molecule has 96 valence electrons. The van der Waals surface area contributed by atoms with Gasteiger partial charge < -0.3 is 5.11 Å². The monoisotopic (exact) mass is 292 g/mol. The van der Waals surface area contributed by atoms with Crippen molar-refractivity contribution in [3.63, 3.8) is 0 Å². The van der Waals surface area contributed by atoms with E-state index in [4.69, 9.17) is 23.2 Å². The largest absolute Gasteiger partial charge is 0.392 e. The van der Waals surface area contributed by atoms with Crippen LogP contribution in [0.3, 0.4) is 0 Å². The number of rotatable bonds is 6. The molecule has 0 fully saturated rings. The molecule has 0 saturated carbocycles. The predicted octanol–water partition coefficient (Wildman–Crippen LogP) is 4.29. The van der Waals surface area contributed by atoms with Crippen molar-refractivity contribution >= 4 is 35.0 Å². The van der Waals surface area contributed by atoms with Crippen LogP contribution in [0.5, 0.6) is 0 Å². The van der Waals surface area contributed by atoms with Crippen molar-refractivity contribution in [1.82, 2.24) is 0 Å². The Morgan fingerprint density at radius 1 is 1.24 bits per heavy atom. The van der Waals surface area contributed by atoms with Crippen LogP contribution in [0.2, 0.25) is 10.0 Å². The standard InChI is InChI=1S/C13H18Cl2OS/c1-9(2)7-17-8-11(16)6-10-4-3-5-12(14)13(10)15/h3-5,9,11,16H,6-8H2,1-2H3. The molecule has 1 nitrogen and oxygen atoms in total. The van der Waals surface area contributed by atoms with Gasteiger partial charge in [-0.15, -0.1) is 0 Å². The quantitative estimate of drug-likeness (QED) is 0.844. The first-order valence-electron chi connectivity index (χ1n) is 5.69. The average Bonchev–Trinajstić information content (AvgIpc) is 2.24. The molecule has 0 amide bonds. The number of aliphatic hydroxyl groups is 1. The fraction of sp³-hybridized carbons (Fsp3) is 0.538. The fourth-order valence-electron chi connectivity index (χ4n) is 1.46. The minimum absolute atomic E-state index is 0.366. The van der Waals surface area contributed by atoms with Crippen LogP contribution in [0.4, 0.5) is 0 Å². The first-order chi connectivity index (χ1) is 8.00. The number of halogens is 2. The van der Waals surface area contributed by atoms with E-state index in [0.717, 1.165) is 17.1 Å². The second kappa shape index (κ2) is 7.52. The predicted molar refractivity (Wildman–Crippen MR) is 78.3 cm³/mol. The molecule has 0 aliphatic heterocycles. The Kier molecular flexibility index (Phi) is 6.71. The highest BCUT2D eigenvalue weighted by Gasteiger charge is 2.10. The highest BCUT2D eigenvalue weighted by molar-refractivity contribution is 7.99. The van der Waals surface area contributed by atoms with Gasteiger partial charge in [-0.3, -0.25) is 0 Å². The highest BCUT2D eigenvalue weighted by Crippen LogP contribution is 2.26. The minimum Gasteiger partial charge on any atom is -0.392 e. The van der Waals surface area contributed by atoms with Crippen molar-refractivity contribution in [2.75, 3.05) is 11.5 Å². The van der Waals surface area contributed by atoms with Crippen LogP contribution in [-0.2, 0) is 6.42 Å². The molecule has 1 aromatic carbocycles. The summed E-state index contributed by atoms with van der Waals surface area (Å²) in [6, 6.07) is 5.52. The molecule has 0 heterocycles. The van der Waals surface area contributed by atoms with Crippen LogP contribution >= 0.6 is 35.0 Å². The van der Waals surface area contributed by atoms with Gasteiger partial charge in [0.2, 0.25) is 0 Å². The van der Waals surface area contributed by atoms with E-state index in [0.29, 0.717) is 22.4 Å². The molecule has 0 radical (unpaired) electrons. The summed E-state index contributed by atoms with van der Waals surface area (Å²) < 4.78 is 0. The molecule has 1 rings (SSSR count). The third-order valence-corrected chi connectivity index (χ3v) is 4.63. The first-order valence-corrected chi connectivity index (χ1v) is 7.60.